The molecule has 0 aromatic heterocycles. The molecule has 0 atom stereocenters. The van der Waals surface area contributed by atoms with Crippen LogP contribution in [0.15, 0.2) is 58.5 Å². The van der Waals surface area contributed by atoms with Crippen LogP contribution >= 0.6 is 0 Å². The number of nitrogens with zero attached hydrogens (tertiary/aromatic N) is 4. The summed E-state index contributed by atoms with van der Waals surface area (Å²) in [4.78, 5) is 8.92. The smallest absolute Gasteiger partial charge is 0.872 e. The minimum atomic E-state index is -0.323. The van der Waals surface area contributed by atoms with E-state index in [-0.39, 0.29) is 52.9 Å². The largest absolute Gasteiger partial charge is 2.00 e. The first-order valence-electron chi connectivity index (χ1n) is 12.4. The van der Waals surface area contributed by atoms with E-state index >= 15 is 0 Å². The zero-order valence-electron chi connectivity index (χ0n) is 25.0. The third kappa shape index (κ3) is 9.62. The molecule has 0 saturated heterocycles. The number of rotatable bonds is 4. The summed E-state index contributed by atoms with van der Waals surface area (Å²) in [5.41, 5.74) is 2.41. The zero-order valence-corrected chi connectivity index (χ0v) is 27.9. The van der Waals surface area contributed by atoms with Crippen LogP contribution in [0.1, 0.15) is 74.9 Å². The summed E-state index contributed by atoms with van der Waals surface area (Å²) in [7, 11) is 2.00. The second-order valence-electron chi connectivity index (χ2n) is 10.6. The van der Waals surface area contributed by atoms with E-state index in [1.165, 1.54) is 24.6 Å². The molecule has 9 heteroatoms. The average Bonchev–Trinajstić information content (AvgIpc) is 2.92. The van der Waals surface area contributed by atoms with Crippen LogP contribution < -0.4 is 10.2 Å². The quantitative estimate of drug-likeness (QED) is 0.318. The van der Waals surface area contributed by atoms with Gasteiger partial charge in [0.2, 0.25) is 0 Å². The van der Waals surface area contributed by atoms with Gasteiger partial charge in [0.1, 0.15) is 12.1 Å². The van der Waals surface area contributed by atoms with Crippen molar-refractivity contribution in [2.24, 2.45) is 9.98 Å². The third-order valence-electron chi connectivity index (χ3n) is 5.75. The van der Waals surface area contributed by atoms with Crippen molar-refractivity contribution < 1.29 is 39.9 Å². The molecule has 0 aliphatic carbocycles. The fourth-order valence-corrected chi connectivity index (χ4v) is 3.74. The zero-order chi connectivity index (χ0) is 30.7. The standard InChI is InChI=1S/C30H30N4O2.2CH4O.Zn/c1-29(2,3)23-11-7-9-19(27(23)35)17-33-25-13-21(15-31)22(16-32)14-26(25)34-18-20-10-8-12-24(28(20)36)30(4,5)6;2*1-2;/h7-14,17-18,35-36H,1-6H3;2*2H,1H3;/q;;;+2/p-2. The molecule has 0 radical (unpaired) electrons. The Bertz CT molecular complexity index is 1340. The summed E-state index contributed by atoms with van der Waals surface area (Å²) in [6.45, 7) is 11.8. The molecule has 3 aromatic carbocycles. The second-order valence-corrected chi connectivity index (χ2v) is 10.6. The molecular weight excluding hydrogens is 570 g/mol. The van der Waals surface area contributed by atoms with Crippen molar-refractivity contribution in [1.82, 2.24) is 0 Å². The van der Waals surface area contributed by atoms with Crippen LogP contribution in [-0.4, -0.2) is 36.9 Å². The monoisotopic (exact) mass is 604 g/mol. The van der Waals surface area contributed by atoms with Crippen LogP contribution in [0.5, 0.6) is 11.5 Å². The number of aliphatic hydroxyl groups excluding tert-OH is 2. The number of para-hydroxylation sites is 2. The van der Waals surface area contributed by atoms with E-state index in [0.29, 0.717) is 33.6 Å². The minimum Gasteiger partial charge on any atom is -0.872 e. The van der Waals surface area contributed by atoms with Crippen LogP contribution in [0.3, 0.4) is 0 Å². The van der Waals surface area contributed by atoms with E-state index in [9.17, 15) is 20.7 Å². The molecule has 0 spiro atoms. The predicted molar refractivity (Wildman–Crippen MR) is 156 cm³/mol. The maximum absolute atomic E-state index is 13.0. The summed E-state index contributed by atoms with van der Waals surface area (Å²) in [5.74, 6) is -0.245. The van der Waals surface area contributed by atoms with E-state index in [1.54, 1.807) is 36.4 Å². The summed E-state index contributed by atoms with van der Waals surface area (Å²) in [6.07, 6.45) is 2.89. The van der Waals surface area contributed by atoms with Crippen molar-refractivity contribution in [3.05, 3.63) is 81.9 Å². The maximum Gasteiger partial charge on any atom is 2.00 e. The Morgan fingerprint density at radius 1 is 0.659 bits per heavy atom. The van der Waals surface area contributed by atoms with E-state index in [2.05, 4.69) is 9.98 Å². The van der Waals surface area contributed by atoms with E-state index < -0.39 is 0 Å². The fourth-order valence-electron chi connectivity index (χ4n) is 3.74. The molecule has 2 N–H and O–H groups in total. The summed E-state index contributed by atoms with van der Waals surface area (Å²) >= 11 is 0. The van der Waals surface area contributed by atoms with Gasteiger partial charge in [0.15, 0.2) is 0 Å². The van der Waals surface area contributed by atoms with E-state index in [0.717, 1.165) is 14.2 Å². The van der Waals surface area contributed by atoms with Gasteiger partial charge in [0.05, 0.1) is 22.5 Å². The first-order valence-corrected chi connectivity index (χ1v) is 12.4. The Balaban J connectivity index is 0.00000306. The molecule has 0 bridgehead atoms. The number of nitriles is 2. The Labute approximate surface area is 255 Å². The van der Waals surface area contributed by atoms with Crippen LogP contribution in [0.25, 0.3) is 0 Å². The maximum atomic E-state index is 13.0. The van der Waals surface area contributed by atoms with Gasteiger partial charge in [-0.3, -0.25) is 9.98 Å². The molecule has 0 fully saturated rings. The van der Waals surface area contributed by atoms with Crippen LogP contribution in [-0.2, 0) is 30.3 Å². The van der Waals surface area contributed by atoms with Gasteiger partial charge >= 0.3 is 19.5 Å². The topological polar surface area (TPSA) is 159 Å². The number of benzene rings is 3. The van der Waals surface area contributed by atoms with Gasteiger partial charge in [0.25, 0.3) is 0 Å². The van der Waals surface area contributed by atoms with Gasteiger partial charge in [-0.25, -0.2) is 0 Å². The van der Waals surface area contributed by atoms with E-state index in [4.69, 9.17) is 10.2 Å². The van der Waals surface area contributed by atoms with Crippen LogP contribution in [0.2, 0.25) is 0 Å². The molecule has 3 aromatic rings. The normalized spacial score (nSPS) is 10.9. The molecular formula is C32H36N4O4Zn. The van der Waals surface area contributed by atoms with E-state index in [1.807, 2.05) is 53.7 Å². The Morgan fingerprint density at radius 2 is 0.976 bits per heavy atom. The molecule has 41 heavy (non-hydrogen) atoms. The number of aliphatic imine (C=N–C) groups is 2. The van der Waals surface area contributed by atoms with Gasteiger partial charge < -0.3 is 20.4 Å². The second kappa shape index (κ2) is 16.4. The van der Waals surface area contributed by atoms with Crippen LogP contribution in [0.4, 0.5) is 11.4 Å². The summed E-state index contributed by atoms with van der Waals surface area (Å²) in [6, 6.07) is 17.5. The average molecular weight is 606 g/mol. The molecule has 0 amide bonds. The Morgan fingerprint density at radius 3 is 1.24 bits per heavy atom. The summed E-state index contributed by atoms with van der Waals surface area (Å²) < 4.78 is 0. The minimum absolute atomic E-state index is 0. The number of hydrogen-bond acceptors (Lipinski definition) is 8. The fraction of sp³-hybridized carbons (Fsp3) is 0.312. The van der Waals surface area contributed by atoms with Crippen LogP contribution in [0, 0.1) is 22.7 Å². The molecule has 3 rings (SSSR count). The summed E-state index contributed by atoms with van der Waals surface area (Å²) in [5, 5.41) is 58.9. The van der Waals surface area contributed by atoms with Crippen molar-refractivity contribution in [2.75, 3.05) is 14.2 Å². The first kappa shape index (κ1) is 37.1. The van der Waals surface area contributed by atoms with Crippen molar-refractivity contribution in [1.29, 1.82) is 10.5 Å². The van der Waals surface area contributed by atoms with Gasteiger partial charge in [-0.2, -0.15) is 10.5 Å². The number of hydrogen-bond donors (Lipinski definition) is 2. The molecule has 8 nitrogen and oxygen atoms in total. The first-order chi connectivity index (χ1) is 18.9. The Hall–Kier alpha value is -3.88. The van der Waals surface area contributed by atoms with Crippen molar-refractivity contribution in [3.8, 4) is 23.6 Å². The van der Waals surface area contributed by atoms with Gasteiger partial charge in [-0.1, -0.05) is 89.4 Å². The molecule has 0 aliphatic heterocycles. The molecule has 210 valence electrons. The number of aliphatic hydroxyl groups is 2. The van der Waals surface area contributed by atoms with Gasteiger partial charge in [-0.05, 0) is 45.2 Å². The van der Waals surface area contributed by atoms with Crippen molar-refractivity contribution in [3.63, 3.8) is 0 Å². The van der Waals surface area contributed by atoms with Crippen molar-refractivity contribution >= 4 is 23.8 Å². The predicted octanol–water partition coefficient (Wildman–Crippen LogP) is 4.89. The van der Waals surface area contributed by atoms with Crippen molar-refractivity contribution in [2.45, 2.75) is 52.4 Å². The molecule has 0 aliphatic rings. The van der Waals surface area contributed by atoms with Gasteiger partial charge in [-0.15, -0.1) is 0 Å². The molecule has 0 unspecified atom stereocenters. The Kier molecular flexibility index (Phi) is 14.9. The third-order valence-corrected chi connectivity index (χ3v) is 5.75. The molecule has 0 saturated carbocycles. The molecule has 0 heterocycles. The van der Waals surface area contributed by atoms with Gasteiger partial charge in [0, 0.05) is 26.6 Å². The SMILES string of the molecule is CC(C)(C)c1cccc(C=Nc2cc(C#N)c(C#N)cc2N=Cc2cccc(C(C)(C)C)c2[O-])c1[O-].CO.CO.[Zn+2].